The second-order valence-corrected chi connectivity index (χ2v) is 5.46. The highest BCUT2D eigenvalue weighted by molar-refractivity contribution is 7.98. The Morgan fingerprint density at radius 2 is 2.29 bits per heavy atom. The minimum atomic E-state index is 0.398. The zero-order valence-corrected chi connectivity index (χ0v) is 11.5. The van der Waals surface area contributed by atoms with E-state index < -0.39 is 0 Å². The van der Waals surface area contributed by atoms with Gasteiger partial charge in [0.2, 0.25) is 5.89 Å². The van der Waals surface area contributed by atoms with Crippen molar-refractivity contribution in [2.45, 2.75) is 38.4 Å². The summed E-state index contributed by atoms with van der Waals surface area (Å²) in [5, 5.41) is 11.5. The Labute approximate surface area is 106 Å². The summed E-state index contributed by atoms with van der Waals surface area (Å²) in [7, 11) is 1.99. The summed E-state index contributed by atoms with van der Waals surface area (Å²) in [6.07, 6.45) is 4.64. The van der Waals surface area contributed by atoms with Crippen LogP contribution < -0.4 is 10.2 Å². The summed E-state index contributed by atoms with van der Waals surface area (Å²) in [4.78, 5) is 2.03. The third-order valence-electron chi connectivity index (χ3n) is 2.95. The van der Waals surface area contributed by atoms with Crippen molar-refractivity contribution in [3.05, 3.63) is 5.89 Å². The molecule has 17 heavy (non-hydrogen) atoms. The minimum absolute atomic E-state index is 0.398. The van der Waals surface area contributed by atoms with E-state index >= 15 is 0 Å². The number of nitrogens with zero attached hydrogens (tertiary/aromatic N) is 3. The monoisotopic (exact) mass is 256 g/mol. The van der Waals surface area contributed by atoms with Crippen LogP contribution in [0.5, 0.6) is 0 Å². The van der Waals surface area contributed by atoms with Gasteiger partial charge in [0, 0.05) is 24.9 Å². The molecule has 0 aliphatic heterocycles. The van der Waals surface area contributed by atoms with Crippen LogP contribution in [-0.2, 0) is 6.54 Å². The van der Waals surface area contributed by atoms with Crippen LogP contribution in [0.4, 0.5) is 6.01 Å². The zero-order chi connectivity index (χ0) is 12.3. The Balaban J connectivity index is 1.86. The number of anilines is 1. The fourth-order valence-electron chi connectivity index (χ4n) is 1.52. The maximum Gasteiger partial charge on any atom is 0.318 e. The van der Waals surface area contributed by atoms with Crippen molar-refractivity contribution in [2.24, 2.45) is 0 Å². The van der Waals surface area contributed by atoms with E-state index in [9.17, 15) is 0 Å². The Bertz CT molecular complexity index is 353. The van der Waals surface area contributed by atoms with Crippen LogP contribution in [0.25, 0.3) is 0 Å². The third kappa shape index (κ3) is 3.61. The van der Waals surface area contributed by atoms with Gasteiger partial charge in [-0.2, -0.15) is 11.8 Å². The highest BCUT2D eigenvalue weighted by atomic mass is 32.2. The molecule has 1 aliphatic rings. The molecule has 2 rings (SSSR count). The molecule has 1 aliphatic carbocycles. The Morgan fingerprint density at radius 3 is 2.94 bits per heavy atom. The lowest BCUT2D eigenvalue weighted by Gasteiger charge is -2.21. The second kappa shape index (κ2) is 5.73. The van der Waals surface area contributed by atoms with Crippen LogP contribution in [0, 0.1) is 0 Å². The number of rotatable bonds is 7. The molecule has 6 heteroatoms. The van der Waals surface area contributed by atoms with Crippen molar-refractivity contribution in [3.63, 3.8) is 0 Å². The Kier molecular flexibility index (Phi) is 4.28. The van der Waals surface area contributed by atoms with E-state index in [1.54, 1.807) is 0 Å². The van der Waals surface area contributed by atoms with Crippen LogP contribution in [-0.4, -0.2) is 41.3 Å². The van der Waals surface area contributed by atoms with Crippen molar-refractivity contribution in [1.82, 2.24) is 15.5 Å². The molecular weight excluding hydrogens is 236 g/mol. The third-order valence-corrected chi connectivity index (χ3v) is 3.76. The van der Waals surface area contributed by atoms with Crippen LogP contribution in [0.1, 0.15) is 25.7 Å². The number of hydrogen-bond acceptors (Lipinski definition) is 6. The fourth-order valence-corrected chi connectivity index (χ4v) is 2.23. The standard InChI is InChI=1S/C11H20N4OS/c1-8(7-17-3)15(2)11-14-13-10(16-11)6-12-9-4-5-9/h8-9,12H,4-7H2,1-3H3. The molecule has 0 bridgehead atoms. The average molecular weight is 256 g/mol. The number of nitrogens with one attached hydrogen (secondary N) is 1. The van der Waals surface area contributed by atoms with Gasteiger partial charge in [0.25, 0.3) is 0 Å². The maximum atomic E-state index is 5.62. The maximum absolute atomic E-state index is 5.62. The van der Waals surface area contributed by atoms with Crippen LogP contribution in [0.15, 0.2) is 4.42 Å². The first-order chi connectivity index (χ1) is 8.20. The molecule has 0 spiro atoms. The van der Waals surface area contributed by atoms with E-state index in [1.165, 1.54) is 12.8 Å². The van der Waals surface area contributed by atoms with E-state index in [4.69, 9.17) is 4.42 Å². The molecule has 1 unspecified atom stereocenters. The van der Waals surface area contributed by atoms with Crippen LogP contribution in [0.2, 0.25) is 0 Å². The topological polar surface area (TPSA) is 54.2 Å². The van der Waals surface area contributed by atoms with E-state index in [0.29, 0.717) is 30.5 Å². The quantitative estimate of drug-likeness (QED) is 0.798. The van der Waals surface area contributed by atoms with Gasteiger partial charge < -0.3 is 14.6 Å². The van der Waals surface area contributed by atoms with Crippen LogP contribution in [0.3, 0.4) is 0 Å². The highest BCUT2D eigenvalue weighted by Crippen LogP contribution is 2.20. The van der Waals surface area contributed by atoms with Gasteiger partial charge in [0.15, 0.2) is 0 Å². The van der Waals surface area contributed by atoms with Crippen LogP contribution >= 0.6 is 11.8 Å². The molecule has 0 amide bonds. The van der Waals surface area contributed by atoms with Gasteiger partial charge in [-0.05, 0) is 26.0 Å². The highest BCUT2D eigenvalue weighted by Gasteiger charge is 2.22. The molecule has 1 fully saturated rings. The summed E-state index contributed by atoms with van der Waals surface area (Å²) < 4.78 is 5.62. The predicted octanol–water partition coefficient (Wildman–Crippen LogP) is 1.51. The molecule has 0 saturated heterocycles. The molecular formula is C11H20N4OS. The lowest BCUT2D eigenvalue weighted by atomic mass is 10.4. The zero-order valence-electron chi connectivity index (χ0n) is 10.6. The molecule has 1 atom stereocenters. The Hall–Kier alpha value is -0.750. The van der Waals surface area contributed by atoms with Crippen molar-refractivity contribution in [3.8, 4) is 0 Å². The molecule has 1 saturated carbocycles. The summed E-state index contributed by atoms with van der Waals surface area (Å²) in [5.41, 5.74) is 0. The van der Waals surface area contributed by atoms with Gasteiger partial charge >= 0.3 is 6.01 Å². The minimum Gasteiger partial charge on any atom is -0.407 e. The van der Waals surface area contributed by atoms with Gasteiger partial charge in [0.1, 0.15) is 0 Å². The van der Waals surface area contributed by atoms with Crippen molar-refractivity contribution < 1.29 is 4.42 Å². The van der Waals surface area contributed by atoms with Crippen molar-refractivity contribution in [1.29, 1.82) is 0 Å². The van der Waals surface area contributed by atoms with Crippen molar-refractivity contribution in [2.75, 3.05) is 24.0 Å². The first kappa shape index (κ1) is 12.7. The molecule has 1 N–H and O–H groups in total. The number of hydrogen-bond donors (Lipinski definition) is 1. The molecule has 5 nitrogen and oxygen atoms in total. The smallest absolute Gasteiger partial charge is 0.318 e. The summed E-state index contributed by atoms with van der Waals surface area (Å²) in [6.45, 7) is 2.84. The molecule has 96 valence electrons. The van der Waals surface area contributed by atoms with Gasteiger partial charge in [-0.3, -0.25) is 0 Å². The lowest BCUT2D eigenvalue weighted by molar-refractivity contribution is 0.459. The van der Waals surface area contributed by atoms with E-state index in [-0.39, 0.29) is 0 Å². The van der Waals surface area contributed by atoms with Gasteiger partial charge in [-0.15, -0.1) is 5.10 Å². The molecule has 1 heterocycles. The molecule has 1 aromatic rings. The normalized spacial score (nSPS) is 17.1. The number of thioether (sulfide) groups is 1. The number of aromatic nitrogens is 2. The summed E-state index contributed by atoms with van der Waals surface area (Å²) >= 11 is 1.82. The largest absolute Gasteiger partial charge is 0.407 e. The van der Waals surface area contributed by atoms with E-state index in [1.807, 2.05) is 23.7 Å². The fraction of sp³-hybridized carbons (Fsp3) is 0.818. The molecule has 0 radical (unpaired) electrons. The van der Waals surface area contributed by atoms with E-state index in [2.05, 4.69) is 28.7 Å². The second-order valence-electron chi connectivity index (χ2n) is 4.55. The lowest BCUT2D eigenvalue weighted by Crippen LogP contribution is -2.31. The van der Waals surface area contributed by atoms with Crippen molar-refractivity contribution >= 4 is 17.8 Å². The SMILES string of the molecule is CSCC(C)N(C)c1nnc(CNC2CC2)o1. The summed E-state index contributed by atoms with van der Waals surface area (Å²) in [5.74, 6) is 1.73. The van der Waals surface area contributed by atoms with Gasteiger partial charge in [-0.1, -0.05) is 5.10 Å². The Morgan fingerprint density at radius 1 is 1.53 bits per heavy atom. The first-order valence-corrected chi connectivity index (χ1v) is 7.37. The van der Waals surface area contributed by atoms with Gasteiger partial charge in [0.05, 0.1) is 6.54 Å². The summed E-state index contributed by atoms with van der Waals surface area (Å²) in [6, 6.07) is 1.67. The first-order valence-electron chi connectivity index (χ1n) is 5.98. The molecule has 1 aromatic heterocycles. The van der Waals surface area contributed by atoms with Gasteiger partial charge in [-0.25, -0.2) is 0 Å². The molecule has 0 aromatic carbocycles. The van der Waals surface area contributed by atoms with E-state index in [0.717, 1.165) is 5.75 Å². The predicted molar refractivity (Wildman–Crippen MR) is 70.4 cm³/mol. The average Bonchev–Trinajstić information content (AvgIpc) is 3.03.